The highest BCUT2D eigenvalue weighted by atomic mass is 35.5. The molecule has 1 aliphatic heterocycles. The number of amides is 1. The van der Waals surface area contributed by atoms with Crippen LogP contribution < -0.4 is 10.6 Å². The topological polar surface area (TPSA) is 90.0 Å². The zero-order valence-electron chi connectivity index (χ0n) is 13.7. The molecule has 1 unspecified atom stereocenters. The summed E-state index contributed by atoms with van der Waals surface area (Å²) in [4.78, 5) is 19.6. The summed E-state index contributed by atoms with van der Waals surface area (Å²) in [5.41, 5.74) is 2.43. The van der Waals surface area contributed by atoms with Crippen LogP contribution in [0.2, 0.25) is 5.02 Å². The summed E-state index contributed by atoms with van der Waals surface area (Å²) in [7, 11) is 0. The van der Waals surface area contributed by atoms with Crippen LogP contribution in [0.25, 0.3) is 11.0 Å². The number of halogens is 1. The quantitative estimate of drug-likeness (QED) is 0.566. The van der Waals surface area contributed by atoms with Crippen molar-refractivity contribution in [1.29, 1.82) is 0 Å². The first kappa shape index (κ1) is 15.9. The lowest BCUT2D eigenvalue weighted by molar-refractivity contribution is -0.119. The molecule has 6 nitrogen and oxygen atoms in total. The van der Waals surface area contributed by atoms with E-state index in [2.05, 4.69) is 20.6 Å². The third-order valence-corrected chi connectivity index (χ3v) is 4.82. The lowest BCUT2D eigenvalue weighted by atomic mass is 9.96. The molecule has 0 aliphatic carbocycles. The van der Waals surface area contributed by atoms with Crippen molar-refractivity contribution in [3.63, 3.8) is 0 Å². The molecule has 25 heavy (non-hydrogen) atoms. The molecule has 1 atom stereocenters. The monoisotopic (exact) mass is 356 g/mol. The maximum atomic E-state index is 12.2. The van der Waals surface area contributed by atoms with Gasteiger partial charge in [-0.2, -0.15) is 0 Å². The van der Waals surface area contributed by atoms with E-state index in [4.69, 9.17) is 11.6 Å². The molecule has 1 amide bonds. The SMILES string of the molecule is CC1(C)Nc2c(cnc3[nH]cc(C(O)c4ccccc4Cl)c23)NC1=O. The summed E-state index contributed by atoms with van der Waals surface area (Å²) >= 11 is 6.24. The van der Waals surface area contributed by atoms with Gasteiger partial charge in [-0.15, -0.1) is 0 Å². The molecule has 0 radical (unpaired) electrons. The van der Waals surface area contributed by atoms with E-state index in [9.17, 15) is 9.90 Å². The number of nitrogens with zero attached hydrogens (tertiary/aromatic N) is 1. The third kappa shape index (κ3) is 2.45. The summed E-state index contributed by atoms with van der Waals surface area (Å²) < 4.78 is 0. The summed E-state index contributed by atoms with van der Waals surface area (Å²) in [5.74, 6) is -0.134. The molecule has 4 rings (SSSR count). The van der Waals surface area contributed by atoms with Crippen LogP contribution in [0, 0.1) is 0 Å². The second-order valence-electron chi connectivity index (χ2n) is 6.64. The maximum Gasteiger partial charge on any atom is 0.249 e. The smallest absolute Gasteiger partial charge is 0.249 e. The average molecular weight is 357 g/mol. The number of nitrogens with one attached hydrogen (secondary N) is 3. The van der Waals surface area contributed by atoms with E-state index in [-0.39, 0.29) is 5.91 Å². The molecule has 0 saturated heterocycles. The molecule has 0 saturated carbocycles. The number of hydrogen-bond donors (Lipinski definition) is 4. The van der Waals surface area contributed by atoms with Crippen LogP contribution in [0.4, 0.5) is 11.4 Å². The van der Waals surface area contributed by atoms with Gasteiger partial charge in [0.15, 0.2) is 0 Å². The highest BCUT2D eigenvalue weighted by Crippen LogP contribution is 2.41. The van der Waals surface area contributed by atoms with Crippen LogP contribution in [0.5, 0.6) is 0 Å². The zero-order chi connectivity index (χ0) is 17.8. The Kier molecular flexibility index (Phi) is 3.49. The van der Waals surface area contributed by atoms with Gasteiger partial charge >= 0.3 is 0 Å². The molecule has 3 aromatic rings. The van der Waals surface area contributed by atoms with E-state index in [0.29, 0.717) is 27.5 Å². The minimum atomic E-state index is -0.918. The summed E-state index contributed by atoms with van der Waals surface area (Å²) in [6.45, 7) is 3.60. The molecule has 128 valence electrons. The van der Waals surface area contributed by atoms with Gasteiger partial charge in [0.25, 0.3) is 0 Å². The van der Waals surface area contributed by atoms with Gasteiger partial charge in [0.2, 0.25) is 5.91 Å². The number of aromatic amines is 1. The Morgan fingerprint density at radius 3 is 2.76 bits per heavy atom. The van der Waals surface area contributed by atoms with E-state index in [1.165, 1.54) is 0 Å². The Morgan fingerprint density at radius 1 is 1.24 bits per heavy atom. The molecule has 1 aliphatic rings. The number of hydrogen-bond acceptors (Lipinski definition) is 4. The van der Waals surface area contributed by atoms with Gasteiger partial charge in [0, 0.05) is 22.3 Å². The standard InChI is InChI=1S/C18H17ClN4O2/c1-18(2)17(25)22-12-8-21-16-13(14(12)23-18)10(7-20-16)15(24)9-5-3-4-6-11(9)19/h3-8,15,23-24H,1-2H3,(H,20,21)(H,22,25). The molecule has 7 heteroatoms. The number of carbonyl (C=O) groups excluding carboxylic acids is 1. The number of carbonyl (C=O) groups is 1. The maximum absolute atomic E-state index is 12.2. The van der Waals surface area contributed by atoms with E-state index in [1.54, 1.807) is 38.4 Å². The van der Waals surface area contributed by atoms with Crippen molar-refractivity contribution in [3.8, 4) is 0 Å². The van der Waals surface area contributed by atoms with Crippen molar-refractivity contribution in [1.82, 2.24) is 9.97 Å². The van der Waals surface area contributed by atoms with Crippen LogP contribution in [-0.4, -0.2) is 26.5 Å². The van der Waals surface area contributed by atoms with Crippen LogP contribution in [0.3, 0.4) is 0 Å². The fraction of sp³-hybridized carbons (Fsp3) is 0.222. The van der Waals surface area contributed by atoms with Gasteiger partial charge < -0.3 is 20.7 Å². The van der Waals surface area contributed by atoms with E-state index in [1.807, 2.05) is 12.1 Å². The second kappa shape index (κ2) is 5.47. The van der Waals surface area contributed by atoms with Crippen LogP contribution in [-0.2, 0) is 4.79 Å². The van der Waals surface area contributed by atoms with Crippen molar-refractivity contribution in [2.45, 2.75) is 25.5 Å². The number of aromatic nitrogens is 2. The van der Waals surface area contributed by atoms with Crippen molar-refractivity contribution in [2.24, 2.45) is 0 Å². The van der Waals surface area contributed by atoms with E-state index >= 15 is 0 Å². The molecule has 1 aromatic carbocycles. The van der Waals surface area contributed by atoms with Crippen LogP contribution in [0.1, 0.15) is 31.1 Å². The second-order valence-corrected chi connectivity index (χ2v) is 7.05. The highest BCUT2D eigenvalue weighted by Gasteiger charge is 2.35. The number of H-pyrrole nitrogens is 1. The van der Waals surface area contributed by atoms with Crippen molar-refractivity contribution in [2.75, 3.05) is 10.6 Å². The molecule has 3 heterocycles. The molecule has 0 fully saturated rings. The number of aliphatic hydroxyl groups is 1. The minimum Gasteiger partial charge on any atom is -0.384 e. The minimum absolute atomic E-state index is 0.134. The average Bonchev–Trinajstić information content (AvgIpc) is 3.00. The Morgan fingerprint density at radius 2 is 2.00 bits per heavy atom. The van der Waals surface area contributed by atoms with Crippen molar-refractivity contribution in [3.05, 3.63) is 52.8 Å². The lowest BCUT2D eigenvalue weighted by Gasteiger charge is -2.33. The largest absolute Gasteiger partial charge is 0.384 e. The summed E-state index contributed by atoms with van der Waals surface area (Å²) in [6, 6.07) is 7.17. The number of benzene rings is 1. The Bertz CT molecular complexity index is 996. The van der Waals surface area contributed by atoms with Gasteiger partial charge in [0.05, 0.1) is 23.0 Å². The Hall–Kier alpha value is -2.57. The summed E-state index contributed by atoms with van der Waals surface area (Å²) in [5, 5.41) is 18.2. The van der Waals surface area contributed by atoms with E-state index < -0.39 is 11.6 Å². The van der Waals surface area contributed by atoms with Gasteiger partial charge in [-0.05, 0) is 19.9 Å². The van der Waals surface area contributed by atoms with Gasteiger partial charge in [-0.25, -0.2) is 4.98 Å². The first-order valence-corrected chi connectivity index (χ1v) is 8.28. The van der Waals surface area contributed by atoms with Crippen molar-refractivity contribution < 1.29 is 9.90 Å². The highest BCUT2D eigenvalue weighted by molar-refractivity contribution is 6.31. The van der Waals surface area contributed by atoms with Crippen LogP contribution >= 0.6 is 11.6 Å². The van der Waals surface area contributed by atoms with Crippen molar-refractivity contribution >= 4 is 39.9 Å². The first-order valence-electron chi connectivity index (χ1n) is 7.90. The number of rotatable bonds is 2. The fourth-order valence-electron chi connectivity index (χ4n) is 3.07. The molecule has 4 N–H and O–H groups in total. The molecular formula is C18H17ClN4O2. The fourth-order valence-corrected chi connectivity index (χ4v) is 3.31. The predicted molar refractivity (Wildman–Crippen MR) is 97.9 cm³/mol. The zero-order valence-corrected chi connectivity index (χ0v) is 14.5. The number of anilines is 2. The van der Waals surface area contributed by atoms with Gasteiger partial charge in [0.1, 0.15) is 17.3 Å². The van der Waals surface area contributed by atoms with Gasteiger partial charge in [-0.3, -0.25) is 4.79 Å². The number of pyridine rings is 1. The Balaban J connectivity index is 1.91. The first-order chi connectivity index (χ1) is 11.9. The number of fused-ring (bicyclic) bond motifs is 3. The number of aliphatic hydroxyl groups excluding tert-OH is 1. The molecule has 0 spiro atoms. The lowest BCUT2D eigenvalue weighted by Crippen LogP contribution is -2.47. The van der Waals surface area contributed by atoms with E-state index in [0.717, 1.165) is 11.1 Å². The van der Waals surface area contributed by atoms with Gasteiger partial charge in [-0.1, -0.05) is 29.8 Å². The summed E-state index contributed by atoms with van der Waals surface area (Å²) in [6.07, 6.45) is 2.40. The predicted octanol–water partition coefficient (Wildman–Crippen LogP) is 3.44. The third-order valence-electron chi connectivity index (χ3n) is 4.48. The normalized spacial score (nSPS) is 16.9. The van der Waals surface area contributed by atoms with Crippen LogP contribution in [0.15, 0.2) is 36.7 Å². The Labute approximate surface area is 149 Å². The molecule has 0 bridgehead atoms. The molecule has 2 aromatic heterocycles. The molecular weight excluding hydrogens is 340 g/mol.